The quantitative estimate of drug-likeness (QED) is 0.784. The maximum absolute atomic E-state index is 3.05. The topological polar surface area (TPSA) is 30.5 Å². The molecule has 0 spiro atoms. The summed E-state index contributed by atoms with van der Waals surface area (Å²) in [6.07, 6.45) is 0. The Morgan fingerprint density at radius 3 is 1.68 bits per heavy atom. The van der Waals surface area contributed by atoms with Crippen molar-refractivity contribution in [1.29, 1.82) is 0 Å². The van der Waals surface area contributed by atoms with Crippen molar-refractivity contribution in [2.24, 2.45) is 0 Å². The third kappa shape index (κ3) is 2.84. The molecule has 1 aliphatic heterocycles. The van der Waals surface area contributed by atoms with Gasteiger partial charge in [0.1, 0.15) is 0 Å². The highest BCUT2D eigenvalue weighted by molar-refractivity contribution is 6.65. The van der Waals surface area contributed by atoms with Crippen LogP contribution in [-0.4, -0.2) is 27.5 Å². The van der Waals surface area contributed by atoms with Gasteiger partial charge in [-0.15, -0.1) is 0 Å². The standard InChI is InChI=1S/C12H12B3N4/c1-3-7-11(8-4-1)18(12-9-5-2-6-10-12)19-14-16-13-17-15-19/h1-10,16-17H. The fourth-order valence-electron chi connectivity index (χ4n) is 1.98. The summed E-state index contributed by atoms with van der Waals surface area (Å²) >= 11 is 0. The molecule has 0 aromatic heterocycles. The van der Waals surface area contributed by atoms with Gasteiger partial charge < -0.3 is 10.3 Å². The minimum absolute atomic E-state index is 1.09. The molecule has 0 saturated carbocycles. The summed E-state index contributed by atoms with van der Waals surface area (Å²) in [5.74, 6) is 0. The molecule has 19 heavy (non-hydrogen) atoms. The molecule has 89 valence electrons. The molecule has 1 fully saturated rings. The van der Waals surface area contributed by atoms with Crippen molar-refractivity contribution in [1.82, 2.24) is 15.1 Å². The molecule has 0 bridgehead atoms. The van der Waals surface area contributed by atoms with E-state index in [-0.39, 0.29) is 0 Å². The number of nitrogens with zero attached hydrogens (tertiary/aromatic N) is 2. The first kappa shape index (κ1) is 12.4. The van der Waals surface area contributed by atoms with Crippen LogP contribution in [0.4, 0.5) is 11.4 Å². The number of hydrogen-bond donors (Lipinski definition) is 2. The number of nitrogens with one attached hydrogen (secondary N) is 2. The molecule has 1 aliphatic rings. The van der Waals surface area contributed by atoms with E-state index in [1.807, 2.05) is 56.3 Å². The Kier molecular flexibility index (Phi) is 3.88. The van der Waals surface area contributed by atoms with E-state index in [1.54, 1.807) is 7.55 Å². The Bertz CT molecular complexity index is 465. The Morgan fingerprint density at radius 1 is 0.737 bits per heavy atom. The highest BCUT2D eigenvalue weighted by Gasteiger charge is 2.22. The number of hydrogen-bond acceptors (Lipinski definition) is 4. The normalized spacial score (nSPS) is 14.9. The third-order valence-electron chi connectivity index (χ3n) is 2.81. The lowest BCUT2D eigenvalue weighted by atomic mass is 9.83. The van der Waals surface area contributed by atoms with Crippen LogP contribution in [0.25, 0.3) is 0 Å². The van der Waals surface area contributed by atoms with Gasteiger partial charge >= 0.3 is 15.1 Å². The minimum Gasteiger partial charge on any atom is -0.378 e. The van der Waals surface area contributed by atoms with Crippen LogP contribution in [0, 0.1) is 0 Å². The molecule has 0 amide bonds. The predicted octanol–water partition coefficient (Wildman–Crippen LogP) is 0.837. The molecule has 3 rings (SSSR count). The summed E-state index contributed by atoms with van der Waals surface area (Å²) in [5.41, 5.74) is 2.18. The van der Waals surface area contributed by atoms with Crippen molar-refractivity contribution in [3.05, 3.63) is 60.7 Å². The largest absolute Gasteiger partial charge is 0.378 e. The highest BCUT2D eigenvalue weighted by Crippen LogP contribution is 2.25. The first-order chi connectivity index (χ1) is 9.45. The van der Waals surface area contributed by atoms with Crippen molar-refractivity contribution in [2.45, 2.75) is 0 Å². The monoisotopic (exact) mass is 245 g/mol. The van der Waals surface area contributed by atoms with Crippen molar-refractivity contribution in [3.8, 4) is 0 Å². The van der Waals surface area contributed by atoms with E-state index in [4.69, 9.17) is 0 Å². The zero-order valence-corrected chi connectivity index (χ0v) is 10.4. The van der Waals surface area contributed by atoms with E-state index in [2.05, 4.69) is 39.6 Å². The minimum atomic E-state index is 1.09. The second-order valence-electron chi connectivity index (χ2n) is 4.10. The van der Waals surface area contributed by atoms with Gasteiger partial charge in [0.2, 0.25) is 0 Å². The van der Waals surface area contributed by atoms with E-state index in [1.165, 1.54) is 0 Å². The third-order valence-corrected chi connectivity index (χ3v) is 2.81. The van der Waals surface area contributed by atoms with Gasteiger partial charge in [-0.25, -0.2) is 0 Å². The maximum atomic E-state index is 3.05. The molecule has 1 saturated heterocycles. The van der Waals surface area contributed by atoms with Crippen molar-refractivity contribution in [2.75, 3.05) is 5.01 Å². The Morgan fingerprint density at radius 2 is 1.21 bits per heavy atom. The van der Waals surface area contributed by atoms with E-state index in [0.29, 0.717) is 0 Å². The summed E-state index contributed by atoms with van der Waals surface area (Å²) < 4.78 is 0. The number of para-hydroxylation sites is 2. The molecule has 0 atom stereocenters. The van der Waals surface area contributed by atoms with Crippen LogP contribution in [-0.2, 0) is 0 Å². The molecule has 2 aromatic rings. The van der Waals surface area contributed by atoms with Crippen LogP contribution in [0.15, 0.2) is 60.7 Å². The lowest BCUT2D eigenvalue weighted by molar-refractivity contribution is 0.670. The smallest absolute Gasteiger partial charge is 0.307 e. The second-order valence-corrected chi connectivity index (χ2v) is 4.10. The SMILES string of the molecule is [B]1N[B]N(N(c2ccccc2)c2ccccc2)[B]N1. The molecular formula is C12H12B3N4. The molecule has 3 radical (unpaired) electrons. The summed E-state index contributed by atoms with van der Waals surface area (Å²) in [4.78, 5) is 1.96. The lowest BCUT2D eigenvalue weighted by Crippen LogP contribution is -2.62. The molecule has 2 N–H and O–H groups in total. The van der Waals surface area contributed by atoms with Gasteiger partial charge in [0, 0.05) is 0 Å². The molecule has 0 aliphatic carbocycles. The molecule has 2 aromatic carbocycles. The predicted molar refractivity (Wildman–Crippen MR) is 80.4 cm³/mol. The number of benzene rings is 2. The van der Waals surface area contributed by atoms with Gasteiger partial charge in [0.15, 0.2) is 0 Å². The highest BCUT2D eigenvalue weighted by atomic mass is 15.6. The second kappa shape index (κ2) is 5.97. The molecule has 1 heterocycles. The van der Waals surface area contributed by atoms with Crippen molar-refractivity contribution >= 4 is 34.0 Å². The molecule has 7 heteroatoms. The first-order valence-corrected chi connectivity index (χ1v) is 6.14. The van der Waals surface area contributed by atoms with Gasteiger partial charge in [0.05, 0.1) is 11.4 Å². The average Bonchev–Trinajstić information content (AvgIpc) is 2.51. The zero-order chi connectivity index (χ0) is 12.9. The van der Waals surface area contributed by atoms with Gasteiger partial charge in [0.25, 0.3) is 7.55 Å². The Balaban J connectivity index is 1.96. The van der Waals surface area contributed by atoms with E-state index in [0.717, 1.165) is 11.4 Å². The Hall–Kier alpha value is -1.69. The molecule has 0 unspecified atom stereocenters. The lowest BCUT2D eigenvalue weighted by Gasteiger charge is -2.38. The van der Waals surface area contributed by atoms with Crippen LogP contribution in [0.2, 0.25) is 0 Å². The first-order valence-electron chi connectivity index (χ1n) is 6.14. The van der Waals surface area contributed by atoms with Crippen LogP contribution < -0.4 is 15.3 Å². The summed E-state index contributed by atoms with van der Waals surface area (Å²) in [6, 6.07) is 20.5. The fraction of sp³-hybridized carbons (Fsp3) is 0. The van der Waals surface area contributed by atoms with Crippen molar-refractivity contribution < 1.29 is 0 Å². The van der Waals surface area contributed by atoms with Gasteiger partial charge in [-0.2, -0.15) is 0 Å². The summed E-state index contributed by atoms with van der Waals surface area (Å²) in [5, 5.41) is 8.20. The number of anilines is 2. The van der Waals surface area contributed by atoms with Crippen LogP contribution >= 0.6 is 0 Å². The molecule has 4 nitrogen and oxygen atoms in total. The number of hydrazine groups is 1. The van der Waals surface area contributed by atoms with Crippen LogP contribution in [0.5, 0.6) is 0 Å². The van der Waals surface area contributed by atoms with Gasteiger partial charge in [-0.05, 0) is 24.3 Å². The average molecular weight is 245 g/mol. The van der Waals surface area contributed by atoms with Crippen molar-refractivity contribution in [3.63, 3.8) is 0 Å². The summed E-state index contributed by atoms with van der Waals surface area (Å²) in [6.45, 7) is 0. The van der Waals surface area contributed by atoms with Crippen LogP contribution in [0.3, 0.4) is 0 Å². The fourth-order valence-corrected chi connectivity index (χ4v) is 1.98. The summed E-state index contributed by atoms with van der Waals surface area (Å²) in [7, 11) is 5.54. The van der Waals surface area contributed by atoms with E-state index >= 15 is 0 Å². The van der Waals surface area contributed by atoms with E-state index in [9.17, 15) is 0 Å². The van der Waals surface area contributed by atoms with Gasteiger partial charge in [-0.1, -0.05) is 36.4 Å². The van der Waals surface area contributed by atoms with Crippen LogP contribution in [0.1, 0.15) is 0 Å². The zero-order valence-electron chi connectivity index (χ0n) is 10.4. The van der Waals surface area contributed by atoms with Gasteiger partial charge in [-0.3, -0.25) is 9.84 Å². The maximum Gasteiger partial charge on any atom is 0.307 e. The van der Waals surface area contributed by atoms with E-state index < -0.39 is 0 Å². The molecular weight excluding hydrogens is 233 g/mol. The number of rotatable bonds is 3. The Labute approximate surface area is 115 Å².